The summed E-state index contributed by atoms with van der Waals surface area (Å²) >= 11 is 0. The molecule has 5 rings (SSSR count). The Labute approximate surface area is 157 Å². The molecule has 1 fully saturated rings. The lowest BCUT2D eigenvalue weighted by Crippen LogP contribution is -2.42. The first-order valence-electron chi connectivity index (χ1n) is 9.56. The summed E-state index contributed by atoms with van der Waals surface area (Å²) in [7, 11) is 0. The molecule has 142 valence electrons. The van der Waals surface area contributed by atoms with Crippen molar-refractivity contribution >= 4 is 5.91 Å². The number of hydrogen-bond donors (Lipinski definition) is 0. The van der Waals surface area contributed by atoms with Gasteiger partial charge in [0.05, 0.1) is 36.8 Å². The van der Waals surface area contributed by atoms with Gasteiger partial charge < -0.3 is 23.7 Å². The van der Waals surface area contributed by atoms with Gasteiger partial charge in [0, 0.05) is 19.3 Å². The highest BCUT2D eigenvalue weighted by Crippen LogP contribution is 2.35. The normalized spacial score (nSPS) is 21.0. The number of imidazole rings is 1. The van der Waals surface area contributed by atoms with E-state index < -0.39 is 0 Å². The van der Waals surface area contributed by atoms with Crippen LogP contribution in [0.2, 0.25) is 0 Å². The Morgan fingerprint density at radius 2 is 2.11 bits per heavy atom. The Morgan fingerprint density at radius 1 is 1.22 bits per heavy atom. The van der Waals surface area contributed by atoms with Crippen LogP contribution in [0.25, 0.3) is 0 Å². The van der Waals surface area contributed by atoms with E-state index in [1.807, 2.05) is 29.6 Å². The highest BCUT2D eigenvalue weighted by molar-refractivity contribution is 5.98. The maximum atomic E-state index is 13.3. The molecule has 1 atom stereocenters. The molecule has 2 aliphatic heterocycles. The van der Waals surface area contributed by atoms with E-state index in [2.05, 4.69) is 9.55 Å². The molecule has 0 N–H and O–H groups in total. The molecule has 0 bridgehead atoms. The van der Waals surface area contributed by atoms with E-state index in [4.69, 9.17) is 14.2 Å². The Morgan fingerprint density at radius 3 is 3.00 bits per heavy atom. The number of nitrogens with zero attached hydrogens (tertiary/aromatic N) is 3. The van der Waals surface area contributed by atoms with Gasteiger partial charge in [-0.3, -0.25) is 4.79 Å². The molecule has 1 aromatic carbocycles. The number of carbonyl (C=O) groups is 1. The van der Waals surface area contributed by atoms with E-state index in [0.717, 1.165) is 18.2 Å². The molecule has 3 heterocycles. The monoisotopic (exact) mass is 369 g/mol. The largest absolute Gasteiger partial charge is 0.486 e. The number of fused-ring (bicyclic) bond motifs is 2. The van der Waals surface area contributed by atoms with Crippen LogP contribution in [0.15, 0.2) is 30.7 Å². The summed E-state index contributed by atoms with van der Waals surface area (Å²) in [6.07, 6.45) is 6.20. The van der Waals surface area contributed by atoms with Crippen molar-refractivity contribution in [2.75, 3.05) is 33.0 Å². The van der Waals surface area contributed by atoms with Crippen molar-refractivity contribution in [1.29, 1.82) is 0 Å². The summed E-state index contributed by atoms with van der Waals surface area (Å²) in [5.74, 6) is 1.87. The van der Waals surface area contributed by atoms with Gasteiger partial charge in [0.15, 0.2) is 11.5 Å². The molecular weight excluding hydrogens is 346 g/mol. The summed E-state index contributed by atoms with van der Waals surface area (Å²) in [5, 5.41) is 0. The summed E-state index contributed by atoms with van der Waals surface area (Å²) < 4.78 is 19.4. The first kappa shape index (κ1) is 16.6. The third-order valence-electron chi connectivity index (χ3n) is 5.37. The lowest BCUT2D eigenvalue weighted by atomic mass is 10.1. The molecule has 1 saturated carbocycles. The molecule has 0 radical (unpaired) electrons. The molecule has 1 amide bonds. The van der Waals surface area contributed by atoms with Crippen LogP contribution < -0.4 is 9.47 Å². The number of benzene rings is 1. The van der Waals surface area contributed by atoms with Crippen molar-refractivity contribution < 1.29 is 19.0 Å². The first-order chi connectivity index (χ1) is 13.3. The van der Waals surface area contributed by atoms with E-state index in [1.165, 1.54) is 12.8 Å². The van der Waals surface area contributed by atoms with Crippen LogP contribution in [0.5, 0.6) is 11.5 Å². The fourth-order valence-corrected chi connectivity index (χ4v) is 3.74. The van der Waals surface area contributed by atoms with Crippen LogP contribution in [0, 0.1) is 5.92 Å². The van der Waals surface area contributed by atoms with Crippen molar-refractivity contribution in [2.45, 2.75) is 25.4 Å². The average molecular weight is 369 g/mol. The standard InChI is InChI=1S/C20H23N3O4/c24-20(17-2-1-3-18-19(17)27-7-6-26-18)22-9-15-8-21-13-23(15)16(10-22)12-25-11-14-4-5-14/h1-3,8,13-14,16H,4-7,9-12H2/t16-/m1/s1. The van der Waals surface area contributed by atoms with Crippen molar-refractivity contribution in [2.24, 2.45) is 5.92 Å². The molecule has 0 unspecified atom stereocenters. The van der Waals surface area contributed by atoms with Gasteiger partial charge in [-0.15, -0.1) is 0 Å². The number of hydrogen-bond acceptors (Lipinski definition) is 5. The maximum Gasteiger partial charge on any atom is 0.258 e. The van der Waals surface area contributed by atoms with E-state index in [0.29, 0.717) is 50.0 Å². The van der Waals surface area contributed by atoms with Crippen LogP contribution in [-0.4, -0.2) is 53.3 Å². The number of para-hydroxylation sites is 1. The van der Waals surface area contributed by atoms with E-state index in [9.17, 15) is 4.79 Å². The fraction of sp³-hybridized carbons (Fsp3) is 0.500. The van der Waals surface area contributed by atoms with Gasteiger partial charge in [-0.05, 0) is 30.9 Å². The lowest BCUT2D eigenvalue weighted by Gasteiger charge is -2.35. The van der Waals surface area contributed by atoms with Crippen LogP contribution >= 0.6 is 0 Å². The Balaban J connectivity index is 1.36. The highest BCUT2D eigenvalue weighted by atomic mass is 16.6. The predicted molar refractivity (Wildman–Crippen MR) is 97.0 cm³/mol. The second-order valence-electron chi connectivity index (χ2n) is 7.44. The zero-order chi connectivity index (χ0) is 18.2. The summed E-state index contributed by atoms with van der Waals surface area (Å²) in [5.41, 5.74) is 1.58. The number of carbonyl (C=O) groups excluding carboxylic acids is 1. The van der Waals surface area contributed by atoms with E-state index >= 15 is 0 Å². The van der Waals surface area contributed by atoms with E-state index in [1.54, 1.807) is 6.07 Å². The topological polar surface area (TPSA) is 65.8 Å². The lowest BCUT2D eigenvalue weighted by molar-refractivity contribution is 0.0493. The molecule has 1 aromatic heterocycles. The van der Waals surface area contributed by atoms with Crippen LogP contribution in [-0.2, 0) is 11.3 Å². The first-order valence-corrected chi connectivity index (χ1v) is 9.56. The van der Waals surface area contributed by atoms with Crippen LogP contribution in [0.1, 0.15) is 34.9 Å². The summed E-state index contributed by atoms with van der Waals surface area (Å²) in [6, 6.07) is 5.56. The van der Waals surface area contributed by atoms with Crippen molar-refractivity contribution in [3.05, 3.63) is 42.0 Å². The van der Waals surface area contributed by atoms with Gasteiger partial charge in [-0.25, -0.2) is 4.98 Å². The van der Waals surface area contributed by atoms with Gasteiger partial charge in [-0.1, -0.05) is 6.07 Å². The minimum Gasteiger partial charge on any atom is -0.486 e. The fourth-order valence-electron chi connectivity index (χ4n) is 3.74. The third kappa shape index (κ3) is 3.27. The quantitative estimate of drug-likeness (QED) is 0.809. The molecular formula is C20H23N3O4. The van der Waals surface area contributed by atoms with Gasteiger partial charge >= 0.3 is 0 Å². The summed E-state index contributed by atoms with van der Waals surface area (Å²) in [6.45, 7) is 3.50. The molecule has 27 heavy (non-hydrogen) atoms. The second kappa shape index (κ2) is 6.88. The molecule has 2 aromatic rings. The van der Waals surface area contributed by atoms with Crippen LogP contribution in [0.3, 0.4) is 0 Å². The van der Waals surface area contributed by atoms with Gasteiger partial charge in [0.1, 0.15) is 13.2 Å². The van der Waals surface area contributed by atoms with Gasteiger partial charge in [0.25, 0.3) is 5.91 Å². The minimum absolute atomic E-state index is 0.0445. The van der Waals surface area contributed by atoms with Crippen molar-refractivity contribution in [1.82, 2.24) is 14.5 Å². The number of ether oxygens (including phenoxy) is 3. The SMILES string of the molecule is O=C(c1cccc2c1OCCO2)N1Cc2cncn2[C@@H](COCC2CC2)C1. The van der Waals surface area contributed by atoms with Crippen LogP contribution in [0.4, 0.5) is 0 Å². The number of rotatable bonds is 5. The molecule has 3 aliphatic rings. The zero-order valence-corrected chi connectivity index (χ0v) is 15.2. The minimum atomic E-state index is -0.0445. The van der Waals surface area contributed by atoms with Crippen molar-refractivity contribution in [3.8, 4) is 11.5 Å². The molecule has 0 spiro atoms. The Hall–Kier alpha value is -2.54. The van der Waals surface area contributed by atoms with Gasteiger partial charge in [-0.2, -0.15) is 0 Å². The molecule has 1 aliphatic carbocycles. The smallest absolute Gasteiger partial charge is 0.258 e. The molecule has 0 saturated heterocycles. The number of amides is 1. The van der Waals surface area contributed by atoms with Crippen molar-refractivity contribution in [3.63, 3.8) is 0 Å². The Kier molecular flexibility index (Phi) is 4.24. The molecule has 7 nitrogen and oxygen atoms in total. The maximum absolute atomic E-state index is 13.3. The van der Waals surface area contributed by atoms with Gasteiger partial charge in [0.2, 0.25) is 0 Å². The summed E-state index contributed by atoms with van der Waals surface area (Å²) in [4.78, 5) is 19.4. The highest BCUT2D eigenvalue weighted by Gasteiger charge is 2.32. The molecule has 7 heteroatoms. The third-order valence-corrected chi connectivity index (χ3v) is 5.37. The predicted octanol–water partition coefficient (Wildman–Crippen LogP) is 2.28. The number of aromatic nitrogens is 2. The second-order valence-corrected chi connectivity index (χ2v) is 7.44. The Bertz CT molecular complexity index is 846. The van der Waals surface area contributed by atoms with E-state index in [-0.39, 0.29) is 11.9 Å². The zero-order valence-electron chi connectivity index (χ0n) is 15.2. The average Bonchev–Trinajstić information content (AvgIpc) is 3.40.